The van der Waals surface area contributed by atoms with Crippen molar-refractivity contribution in [3.8, 4) is 0 Å². The van der Waals surface area contributed by atoms with Crippen molar-refractivity contribution in [2.45, 2.75) is 18.5 Å². The van der Waals surface area contributed by atoms with Crippen molar-refractivity contribution in [2.24, 2.45) is 0 Å². The summed E-state index contributed by atoms with van der Waals surface area (Å²) in [5.74, 6) is -1.50. The molecule has 1 N–H and O–H groups in total. The molecule has 0 aromatic heterocycles. The summed E-state index contributed by atoms with van der Waals surface area (Å²) in [6, 6.07) is 3.58. The summed E-state index contributed by atoms with van der Waals surface area (Å²) >= 11 is 0. The van der Waals surface area contributed by atoms with Crippen molar-refractivity contribution in [1.82, 2.24) is 0 Å². The van der Waals surface area contributed by atoms with Crippen molar-refractivity contribution >= 4 is 11.6 Å². The van der Waals surface area contributed by atoms with Gasteiger partial charge in [0.15, 0.2) is 0 Å². The summed E-state index contributed by atoms with van der Waals surface area (Å²) < 4.78 is 115. The maximum Gasteiger partial charge on any atom is 0.417 e. The lowest BCUT2D eigenvalue weighted by molar-refractivity contribution is -0.143. The van der Waals surface area contributed by atoms with Crippen LogP contribution in [0.2, 0.25) is 0 Å². The number of amides is 1. The van der Waals surface area contributed by atoms with Crippen LogP contribution in [0.3, 0.4) is 0 Å². The Morgan fingerprint density at radius 2 is 1.19 bits per heavy atom. The zero-order chi connectivity index (χ0) is 20.6. The van der Waals surface area contributed by atoms with Gasteiger partial charge in [0.25, 0.3) is 5.91 Å². The standard InChI is InChI=1S/C16H8F9NO/c17-14(18,19)8-5-9(15(20,21)22)7-10(6-8)26-13(27)11-3-1-2-4-12(11)16(23,24)25/h1-7H,(H,26,27). The zero-order valence-electron chi connectivity index (χ0n) is 12.9. The number of rotatable bonds is 2. The molecule has 27 heavy (non-hydrogen) atoms. The Hall–Kier alpha value is -2.72. The third kappa shape index (κ3) is 4.92. The van der Waals surface area contributed by atoms with Crippen LogP contribution >= 0.6 is 0 Å². The Kier molecular flexibility index (Phi) is 5.17. The molecule has 0 aliphatic carbocycles. The van der Waals surface area contributed by atoms with Gasteiger partial charge in [-0.15, -0.1) is 0 Å². The highest BCUT2D eigenvalue weighted by molar-refractivity contribution is 6.05. The summed E-state index contributed by atoms with van der Waals surface area (Å²) in [4.78, 5) is 12.0. The number of carbonyl (C=O) groups excluding carboxylic acids is 1. The van der Waals surface area contributed by atoms with Crippen molar-refractivity contribution in [2.75, 3.05) is 5.32 Å². The van der Waals surface area contributed by atoms with Crippen LogP contribution in [0.5, 0.6) is 0 Å². The van der Waals surface area contributed by atoms with Crippen LogP contribution in [0, 0.1) is 0 Å². The average molecular weight is 401 g/mol. The molecule has 11 heteroatoms. The highest BCUT2D eigenvalue weighted by atomic mass is 19.4. The SMILES string of the molecule is O=C(Nc1cc(C(F)(F)F)cc(C(F)(F)F)c1)c1ccccc1C(F)(F)F. The van der Waals surface area contributed by atoms with Gasteiger partial charge in [-0.05, 0) is 30.3 Å². The molecule has 0 fully saturated rings. The smallest absolute Gasteiger partial charge is 0.322 e. The Morgan fingerprint density at radius 3 is 1.63 bits per heavy atom. The van der Waals surface area contributed by atoms with E-state index in [1.807, 2.05) is 0 Å². The van der Waals surface area contributed by atoms with E-state index >= 15 is 0 Å². The fraction of sp³-hybridized carbons (Fsp3) is 0.188. The van der Waals surface area contributed by atoms with Gasteiger partial charge in [0.2, 0.25) is 0 Å². The molecule has 1 amide bonds. The van der Waals surface area contributed by atoms with E-state index in [1.54, 1.807) is 5.32 Å². The topological polar surface area (TPSA) is 29.1 Å². The third-order valence-corrected chi connectivity index (χ3v) is 3.32. The van der Waals surface area contributed by atoms with Gasteiger partial charge in [-0.1, -0.05) is 12.1 Å². The van der Waals surface area contributed by atoms with Crippen LogP contribution in [-0.4, -0.2) is 5.91 Å². The van der Waals surface area contributed by atoms with Crippen molar-refractivity contribution < 1.29 is 44.3 Å². The van der Waals surface area contributed by atoms with E-state index in [1.165, 1.54) is 0 Å². The summed E-state index contributed by atoms with van der Waals surface area (Å²) in [7, 11) is 0. The Balaban J connectivity index is 2.48. The molecule has 0 heterocycles. The predicted molar refractivity (Wildman–Crippen MR) is 75.8 cm³/mol. The molecule has 0 atom stereocenters. The Labute approximate surface area is 145 Å². The average Bonchev–Trinajstić information content (AvgIpc) is 2.52. The van der Waals surface area contributed by atoms with Crippen LogP contribution in [0.25, 0.3) is 0 Å². The molecule has 0 bridgehead atoms. The van der Waals surface area contributed by atoms with Crippen LogP contribution in [0.1, 0.15) is 27.0 Å². The van der Waals surface area contributed by atoms with Gasteiger partial charge in [0, 0.05) is 5.69 Å². The molecular weight excluding hydrogens is 393 g/mol. The Morgan fingerprint density at radius 1 is 0.704 bits per heavy atom. The molecule has 2 rings (SSSR count). The minimum absolute atomic E-state index is 0.167. The maximum atomic E-state index is 12.9. The predicted octanol–water partition coefficient (Wildman–Crippen LogP) is 6.00. The number of alkyl halides is 9. The second kappa shape index (κ2) is 6.78. The molecule has 0 saturated heterocycles. The highest BCUT2D eigenvalue weighted by Gasteiger charge is 2.38. The first-order chi connectivity index (χ1) is 12.2. The number of halogens is 9. The summed E-state index contributed by atoms with van der Waals surface area (Å²) in [6.45, 7) is 0. The fourth-order valence-corrected chi connectivity index (χ4v) is 2.15. The molecule has 0 aliphatic rings. The number of hydrogen-bond acceptors (Lipinski definition) is 1. The third-order valence-electron chi connectivity index (χ3n) is 3.32. The van der Waals surface area contributed by atoms with Crippen LogP contribution < -0.4 is 5.32 Å². The van der Waals surface area contributed by atoms with Crippen molar-refractivity contribution in [1.29, 1.82) is 0 Å². The molecule has 0 unspecified atom stereocenters. The fourth-order valence-electron chi connectivity index (χ4n) is 2.15. The monoisotopic (exact) mass is 401 g/mol. The zero-order valence-corrected chi connectivity index (χ0v) is 12.9. The number of benzene rings is 2. The summed E-state index contributed by atoms with van der Waals surface area (Å²) in [5.41, 5.74) is -6.70. The molecule has 2 nitrogen and oxygen atoms in total. The first kappa shape index (κ1) is 20.6. The van der Waals surface area contributed by atoms with Crippen molar-refractivity contribution in [3.05, 3.63) is 64.7 Å². The van der Waals surface area contributed by atoms with E-state index in [0.717, 1.165) is 18.2 Å². The molecule has 146 valence electrons. The van der Waals surface area contributed by atoms with Gasteiger partial charge in [0.1, 0.15) is 0 Å². The second-order valence-electron chi connectivity index (χ2n) is 5.29. The molecule has 0 aliphatic heterocycles. The number of hydrogen-bond donors (Lipinski definition) is 1. The summed E-state index contributed by atoms with van der Waals surface area (Å²) in [5, 5.41) is 1.66. The van der Waals surface area contributed by atoms with E-state index < -0.39 is 52.4 Å². The number of carbonyl (C=O) groups is 1. The first-order valence-corrected chi connectivity index (χ1v) is 6.96. The van der Waals surface area contributed by atoms with E-state index in [4.69, 9.17) is 0 Å². The highest BCUT2D eigenvalue weighted by Crippen LogP contribution is 2.38. The van der Waals surface area contributed by atoms with E-state index in [-0.39, 0.29) is 18.2 Å². The maximum absolute atomic E-state index is 12.9. The van der Waals surface area contributed by atoms with Gasteiger partial charge in [-0.2, -0.15) is 39.5 Å². The van der Waals surface area contributed by atoms with E-state index in [2.05, 4.69) is 0 Å². The molecule has 0 radical (unpaired) electrons. The van der Waals surface area contributed by atoms with Gasteiger partial charge >= 0.3 is 18.5 Å². The Bertz CT molecular complexity index is 818. The number of anilines is 1. The molecule has 2 aromatic rings. The normalized spacial score (nSPS) is 12.8. The molecule has 2 aromatic carbocycles. The summed E-state index contributed by atoms with van der Waals surface area (Å²) in [6.07, 6.45) is -15.3. The lowest BCUT2D eigenvalue weighted by atomic mass is 10.1. The van der Waals surface area contributed by atoms with Gasteiger partial charge in [0.05, 0.1) is 22.3 Å². The quantitative estimate of drug-likeness (QED) is 0.615. The molecule has 0 spiro atoms. The van der Waals surface area contributed by atoms with Crippen LogP contribution in [0.4, 0.5) is 45.2 Å². The second-order valence-corrected chi connectivity index (χ2v) is 5.29. The lowest BCUT2D eigenvalue weighted by Gasteiger charge is -2.16. The minimum atomic E-state index is -5.16. The lowest BCUT2D eigenvalue weighted by Crippen LogP contribution is -2.19. The number of nitrogens with one attached hydrogen (secondary N) is 1. The molecular formula is C16H8F9NO. The van der Waals surface area contributed by atoms with E-state index in [0.29, 0.717) is 6.07 Å². The largest absolute Gasteiger partial charge is 0.417 e. The van der Waals surface area contributed by atoms with Gasteiger partial charge in [-0.3, -0.25) is 4.79 Å². The van der Waals surface area contributed by atoms with E-state index in [9.17, 15) is 44.3 Å². The minimum Gasteiger partial charge on any atom is -0.322 e. The van der Waals surface area contributed by atoms with Crippen LogP contribution in [0.15, 0.2) is 42.5 Å². The van der Waals surface area contributed by atoms with Gasteiger partial charge in [-0.25, -0.2) is 0 Å². The van der Waals surface area contributed by atoms with Crippen molar-refractivity contribution in [3.63, 3.8) is 0 Å². The molecule has 0 saturated carbocycles. The first-order valence-electron chi connectivity index (χ1n) is 6.96. The van der Waals surface area contributed by atoms with Crippen LogP contribution in [-0.2, 0) is 18.5 Å². The van der Waals surface area contributed by atoms with Gasteiger partial charge < -0.3 is 5.32 Å².